The number of benzene rings is 1. The predicted molar refractivity (Wildman–Crippen MR) is 60.7 cm³/mol. The Morgan fingerprint density at radius 3 is 2.64 bits per heavy atom. The molecule has 0 spiro atoms. The zero-order valence-corrected chi connectivity index (χ0v) is 9.86. The van der Waals surface area contributed by atoms with Gasteiger partial charge in [-0.25, -0.2) is 4.39 Å². The molecule has 0 aromatic heterocycles. The van der Waals surface area contributed by atoms with Gasteiger partial charge in [-0.2, -0.15) is 0 Å². The maximum atomic E-state index is 13.5. The maximum Gasteiger partial charge on any atom is 0.129 e. The molecular formula is C11H13BrFN. The van der Waals surface area contributed by atoms with E-state index in [9.17, 15) is 4.39 Å². The van der Waals surface area contributed by atoms with Crippen LogP contribution in [0.2, 0.25) is 0 Å². The molecule has 1 rings (SSSR count). The zero-order chi connectivity index (χ0) is 10.7. The lowest BCUT2D eigenvalue weighted by atomic mass is 10.0. The van der Waals surface area contributed by atoms with Crippen LogP contribution in [0.5, 0.6) is 0 Å². The molecule has 1 unspecified atom stereocenters. The van der Waals surface area contributed by atoms with Gasteiger partial charge in [0.1, 0.15) is 5.82 Å². The quantitative estimate of drug-likeness (QED) is 0.819. The van der Waals surface area contributed by atoms with Gasteiger partial charge in [-0.05, 0) is 26.1 Å². The van der Waals surface area contributed by atoms with E-state index in [0.29, 0.717) is 5.56 Å². The van der Waals surface area contributed by atoms with E-state index < -0.39 is 0 Å². The highest BCUT2D eigenvalue weighted by Gasteiger charge is 2.14. The molecule has 0 aliphatic carbocycles. The van der Waals surface area contributed by atoms with E-state index >= 15 is 0 Å². The molecule has 1 nitrogen and oxygen atoms in total. The molecule has 0 saturated carbocycles. The number of likely N-dealkylation sites (N-methyl/N-ethyl adjacent to an activating group) is 1. The molecule has 1 aromatic carbocycles. The fourth-order valence-corrected chi connectivity index (χ4v) is 1.74. The first kappa shape index (κ1) is 11.4. The third-order valence-electron chi connectivity index (χ3n) is 2.05. The van der Waals surface area contributed by atoms with Crippen LogP contribution in [0.15, 0.2) is 34.8 Å². The second kappa shape index (κ2) is 4.71. The topological polar surface area (TPSA) is 12.0 Å². The Morgan fingerprint density at radius 2 is 2.21 bits per heavy atom. The van der Waals surface area contributed by atoms with Gasteiger partial charge in [0.15, 0.2) is 0 Å². The summed E-state index contributed by atoms with van der Waals surface area (Å²) in [7, 11) is 1.79. The van der Waals surface area contributed by atoms with Crippen LogP contribution in [-0.4, -0.2) is 7.05 Å². The van der Waals surface area contributed by atoms with Crippen LogP contribution in [0, 0.1) is 5.82 Å². The lowest BCUT2D eigenvalue weighted by molar-refractivity contribution is 0.572. The summed E-state index contributed by atoms with van der Waals surface area (Å²) < 4.78 is 14.3. The Labute approximate surface area is 92.1 Å². The van der Waals surface area contributed by atoms with E-state index in [1.54, 1.807) is 13.1 Å². The number of nitrogens with one attached hydrogen (secondary N) is 1. The first-order chi connectivity index (χ1) is 6.56. The van der Waals surface area contributed by atoms with Gasteiger partial charge in [-0.15, -0.1) is 0 Å². The van der Waals surface area contributed by atoms with E-state index in [2.05, 4.69) is 27.8 Å². The Bertz CT molecular complexity index is 349. The van der Waals surface area contributed by atoms with Gasteiger partial charge in [-0.1, -0.05) is 34.1 Å². The van der Waals surface area contributed by atoms with E-state index in [4.69, 9.17) is 0 Å². The van der Waals surface area contributed by atoms with Crippen molar-refractivity contribution in [3.8, 4) is 0 Å². The van der Waals surface area contributed by atoms with Crippen molar-refractivity contribution in [2.24, 2.45) is 0 Å². The smallest absolute Gasteiger partial charge is 0.129 e. The molecule has 3 heteroatoms. The van der Waals surface area contributed by atoms with Gasteiger partial charge in [0.05, 0.1) is 6.04 Å². The highest BCUT2D eigenvalue weighted by Crippen LogP contribution is 2.24. The number of hydrogen-bond donors (Lipinski definition) is 1. The molecule has 76 valence electrons. The molecule has 1 atom stereocenters. The van der Waals surface area contributed by atoms with Crippen molar-refractivity contribution in [1.82, 2.24) is 5.32 Å². The minimum Gasteiger partial charge on any atom is -0.310 e. The van der Waals surface area contributed by atoms with Gasteiger partial charge in [-0.3, -0.25) is 0 Å². The molecule has 1 aromatic rings. The number of hydrogen-bond acceptors (Lipinski definition) is 1. The summed E-state index contributed by atoms with van der Waals surface area (Å²) in [5.41, 5.74) is 1.52. The zero-order valence-electron chi connectivity index (χ0n) is 8.27. The predicted octanol–water partition coefficient (Wildman–Crippen LogP) is 3.42. The summed E-state index contributed by atoms with van der Waals surface area (Å²) in [4.78, 5) is 0. The van der Waals surface area contributed by atoms with Crippen LogP contribution in [0.25, 0.3) is 0 Å². The Morgan fingerprint density at radius 1 is 1.57 bits per heavy atom. The van der Waals surface area contributed by atoms with Crippen LogP contribution < -0.4 is 5.32 Å². The van der Waals surface area contributed by atoms with Gasteiger partial charge in [0.25, 0.3) is 0 Å². The minimum absolute atomic E-state index is 0.122. The monoisotopic (exact) mass is 257 g/mol. The van der Waals surface area contributed by atoms with E-state index in [-0.39, 0.29) is 11.9 Å². The Balaban J connectivity index is 3.10. The van der Waals surface area contributed by atoms with Crippen molar-refractivity contribution in [3.63, 3.8) is 0 Å². The molecule has 0 radical (unpaired) electrons. The summed E-state index contributed by atoms with van der Waals surface area (Å²) >= 11 is 3.22. The van der Waals surface area contributed by atoms with Crippen LogP contribution in [0.1, 0.15) is 18.5 Å². The Hall–Kier alpha value is -0.670. The van der Waals surface area contributed by atoms with Gasteiger partial charge < -0.3 is 5.32 Å². The van der Waals surface area contributed by atoms with Crippen LogP contribution >= 0.6 is 15.9 Å². The molecule has 0 aliphatic rings. The van der Waals surface area contributed by atoms with Crippen molar-refractivity contribution in [2.45, 2.75) is 13.0 Å². The first-order valence-corrected chi connectivity index (χ1v) is 5.13. The van der Waals surface area contributed by atoms with E-state index in [0.717, 1.165) is 10.0 Å². The molecule has 1 N–H and O–H groups in total. The van der Waals surface area contributed by atoms with Crippen LogP contribution in [-0.2, 0) is 0 Å². The third-order valence-corrected chi connectivity index (χ3v) is 2.55. The number of halogens is 2. The minimum atomic E-state index is -0.221. The molecule has 0 amide bonds. The SMILES string of the molecule is C=C(C)C(NC)c1ccc(Br)cc1F. The highest BCUT2D eigenvalue weighted by atomic mass is 79.9. The van der Waals surface area contributed by atoms with Gasteiger partial charge >= 0.3 is 0 Å². The fraction of sp³-hybridized carbons (Fsp3) is 0.273. The van der Waals surface area contributed by atoms with Crippen LogP contribution in [0.3, 0.4) is 0 Å². The third kappa shape index (κ3) is 2.42. The van der Waals surface area contributed by atoms with E-state index in [1.165, 1.54) is 6.07 Å². The lowest BCUT2D eigenvalue weighted by Gasteiger charge is -2.17. The van der Waals surface area contributed by atoms with Crippen LogP contribution in [0.4, 0.5) is 4.39 Å². The van der Waals surface area contributed by atoms with Gasteiger partial charge in [0, 0.05) is 10.0 Å². The normalized spacial score (nSPS) is 12.6. The molecule has 0 fully saturated rings. The summed E-state index contributed by atoms with van der Waals surface area (Å²) in [5, 5.41) is 3.02. The summed E-state index contributed by atoms with van der Waals surface area (Å²) in [5.74, 6) is -0.221. The Kier molecular flexibility index (Phi) is 3.84. The molecule has 0 bridgehead atoms. The first-order valence-electron chi connectivity index (χ1n) is 4.34. The van der Waals surface area contributed by atoms with Crippen molar-refractivity contribution in [1.29, 1.82) is 0 Å². The van der Waals surface area contributed by atoms with E-state index in [1.807, 2.05) is 13.0 Å². The molecule has 14 heavy (non-hydrogen) atoms. The average Bonchev–Trinajstić information content (AvgIpc) is 2.09. The highest BCUT2D eigenvalue weighted by molar-refractivity contribution is 9.10. The molecule has 0 heterocycles. The second-order valence-electron chi connectivity index (χ2n) is 3.23. The van der Waals surface area contributed by atoms with Gasteiger partial charge in [0.2, 0.25) is 0 Å². The van der Waals surface area contributed by atoms with Crippen molar-refractivity contribution in [2.75, 3.05) is 7.05 Å². The van der Waals surface area contributed by atoms with Crippen molar-refractivity contribution < 1.29 is 4.39 Å². The molecular weight excluding hydrogens is 245 g/mol. The number of rotatable bonds is 3. The standard InChI is InChI=1S/C11H13BrFN/c1-7(2)11(14-3)9-5-4-8(12)6-10(9)13/h4-6,11,14H,1H2,2-3H3. The fourth-order valence-electron chi connectivity index (χ4n) is 1.40. The summed E-state index contributed by atoms with van der Waals surface area (Å²) in [6.07, 6.45) is 0. The maximum absolute atomic E-state index is 13.5. The summed E-state index contributed by atoms with van der Waals surface area (Å²) in [6.45, 7) is 5.70. The molecule has 0 aliphatic heterocycles. The van der Waals surface area contributed by atoms with Crippen molar-refractivity contribution >= 4 is 15.9 Å². The summed E-state index contributed by atoms with van der Waals surface area (Å²) in [6, 6.07) is 4.92. The largest absolute Gasteiger partial charge is 0.310 e. The second-order valence-corrected chi connectivity index (χ2v) is 4.15. The lowest BCUT2D eigenvalue weighted by Crippen LogP contribution is -2.18. The average molecular weight is 258 g/mol. The molecule has 0 saturated heterocycles. The van der Waals surface area contributed by atoms with Crippen molar-refractivity contribution in [3.05, 3.63) is 46.2 Å².